The standard InChI is InChI=1S/C12H16BrNO6S/c1-14(7-12(17)4-2-3-5-12)21(18,19)9-6-8(11(15)16)20-10(9)13/h6,17H,2-5,7H2,1H3,(H,15,16). The molecular weight excluding hydrogens is 366 g/mol. The van der Waals surface area contributed by atoms with Crippen LogP contribution in [0.5, 0.6) is 0 Å². The lowest BCUT2D eigenvalue weighted by Gasteiger charge is -2.27. The molecule has 118 valence electrons. The second-order valence-electron chi connectivity index (χ2n) is 5.25. The molecule has 0 aromatic carbocycles. The number of carboxylic acid groups (broad SMARTS) is 1. The van der Waals surface area contributed by atoms with Crippen LogP contribution in [-0.4, -0.2) is 48.1 Å². The zero-order valence-electron chi connectivity index (χ0n) is 11.4. The van der Waals surface area contributed by atoms with Crippen molar-refractivity contribution in [3.05, 3.63) is 16.5 Å². The SMILES string of the molecule is CN(CC1(O)CCCC1)S(=O)(=O)c1cc(C(=O)O)oc1Br. The number of sulfonamides is 1. The Morgan fingerprint density at radius 2 is 2.05 bits per heavy atom. The highest BCUT2D eigenvalue weighted by molar-refractivity contribution is 9.10. The van der Waals surface area contributed by atoms with E-state index >= 15 is 0 Å². The first-order chi connectivity index (χ1) is 9.66. The van der Waals surface area contributed by atoms with Gasteiger partial charge >= 0.3 is 5.97 Å². The number of carbonyl (C=O) groups is 1. The topological polar surface area (TPSA) is 108 Å². The van der Waals surface area contributed by atoms with Gasteiger partial charge in [0.25, 0.3) is 0 Å². The number of rotatable bonds is 5. The molecule has 1 aliphatic rings. The molecule has 0 atom stereocenters. The van der Waals surface area contributed by atoms with Crippen molar-refractivity contribution in [3.8, 4) is 0 Å². The van der Waals surface area contributed by atoms with Gasteiger partial charge in [0.15, 0.2) is 4.67 Å². The average molecular weight is 382 g/mol. The van der Waals surface area contributed by atoms with Crippen molar-refractivity contribution in [2.75, 3.05) is 13.6 Å². The van der Waals surface area contributed by atoms with Gasteiger partial charge in [-0.15, -0.1) is 0 Å². The van der Waals surface area contributed by atoms with E-state index in [1.807, 2.05) is 0 Å². The summed E-state index contributed by atoms with van der Waals surface area (Å²) in [5, 5.41) is 19.1. The summed E-state index contributed by atoms with van der Waals surface area (Å²) in [6, 6.07) is 0.955. The van der Waals surface area contributed by atoms with Gasteiger partial charge in [0.1, 0.15) is 4.90 Å². The maximum Gasteiger partial charge on any atom is 0.371 e. The minimum absolute atomic E-state index is 0.0324. The van der Waals surface area contributed by atoms with Crippen LogP contribution in [0.25, 0.3) is 0 Å². The molecule has 0 saturated heterocycles. The van der Waals surface area contributed by atoms with Crippen LogP contribution >= 0.6 is 15.9 Å². The van der Waals surface area contributed by atoms with E-state index in [-0.39, 0.29) is 16.1 Å². The minimum Gasteiger partial charge on any atom is -0.475 e. The Kier molecular flexibility index (Phi) is 4.48. The molecule has 2 N–H and O–H groups in total. The third kappa shape index (κ3) is 3.31. The van der Waals surface area contributed by atoms with Crippen LogP contribution in [0.15, 0.2) is 20.0 Å². The highest BCUT2D eigenvalue weighted by Gasteiger charge is 2.37. The van der Waals surface area contributed by atoms with Crippen molar-refractivity contribution in [3.63, 3.8) is 0 Å². The summed E-state index contributed by atoms with van der Waals surface area (Å²) in [4.78, 5) is 10.6. The summed E-state index contributed by atoms with van der Waals surface area (Å²) in [5.74, 6) is -1.82. The molecule has 9 heteroatoms. The molecule has 1 heterocycles. The lowest BCUT2D eigenvalue weighted by atomic mass is 10.0. The maximum absolute atomic E-state index is 12.5. The Labute approximate surface area is 130 Å². The number of halogens is 1. The lowest BCUT2D eigenvalue weighted by Crippen LogP contribution is -2.41. The van der Waals surface area contributed by atoms with Crippen LogP contribution in [0.4, 0.5) is 0 Å². The van der Waals surface area contributed by atoms with E-state index in [0.29, 0.717) is 12.8 Å². The average Bonchev–Trinajstić information content (AvgIpc) is 2.96. The minimum atomic E-state index is -3.94. The van der Waals surface area contributed by atoms with Gasteiger partial charge in [-0.05, 0) is 28.8 Å². The summed E-state index contributed by atoms with van der Waals surface area (Å²) in [5.41, 5.74) is -1.02. The Hall–Kier alpha value is -0.900. The highest BCUT2D eigenvalue weighted by atomic mass is 79.9. The van der Waals surface area contributed by atoms with Crippen LogP contribution in [0, 0.1) is 0 Å². The summed E-state index contributed by atoms with van der Waals surface area (Å²) in [7, 11) is -2.59. The fourth-order valence-electron chi connectivity index (χ4n) is 2.49. The maximum atomic E-state index is 12.5. The van der Waals surface area contributed by atoms with E-state index in [0.717, 1.165) is 23.2 Å². The lowest BCUT2D eigenvalue weighted by molar-refractivity contribution is 0.0333. The molecule has 21 heavy (non-hydrogen) atoms. The molecule has 1 fully saturated rings. The first kappa shape index (κ1) is 16.5. The van der Waals surface area contributed by atoms with Gasteiger partial charge in [0.2, 0.25) is 15.8 Å². The summed E-state index contributed by atoms with van der Waals surface area (Å²) in [6.45, 7) is -0.0324. The zero-order chi connectivity index (χ0) is 15.8. The number of furan rings is 1. The quantitative estimate of drug-likeness (QED) is 0.802. The third-order valence-electron chi connectivity index (χ3n) is 3.61. The van der Waals surface area contributed by atoms with Crippen LogP contribution in [-0.2, 0) is 10.0 Å². The fraction of sp³-hybridized carbons (Fsp3) is 0.583. The first-order valence-electron chi connectivity index (χ1n) is 6.37. The predicted molar refractivity (Wildman–Crippen MR) is 76.6 cm³/mol. The molecule has 0 spiro atoms. The Morgan fingerprint density at radius 3 is 2.52 bits per heavy atom. The van der Waals surface area contributed by atoms with Crippen molar-refractivity contribution >= 4 is 31.9 Å². The Morgan fingerprint density at radius 1 is 1.48 bits per heavy atom. The zero-order valence-corrected chi connectivity index (χ0v) is 13.8. The number of likely N-dealkylation sites (N-methyl/N-ethyl adjacent to an activating group) is 1. The first-order valence-corrected chi connectivity index (χ1v) is 8.60. The van der Waals surface area contributed by atoms with Crippen molar-refractivity contribution in [1.29, 1.82) is 0 Å². The van der Waals surface area contributed by atoms with Gasteiger partial charge in [0.05, 0.1) is 5.60 Å². The van der Waals surface area contributed by atoms with E-state index in [1.54, 1.807) is 0 Å². The molecule has 0 unspecified atom stereocenters. The van der Waals surface area contributed by atoms with E-state index in [1.165, 1.54) is 7.05 Å². The van der Waals surface area contributed by atoms with Crippen LogP contribution in [0.3, 0.4) is 0 Å². The monoisotopic (exact) mass is 381 g/mol. The molecule has 0 radical (unpaired) electrons. The molecular formula is C12H16BrNO6S. The van der Waals surface area contributed by atoms with E-state index in [2.05, 4.69) is 15.9 Å². The summed E-state index contributed by atoms with van der Waals surface area (Å²) < 4.78 is 30.6. The number of nitrogens with zero attached hydrogens (tertiary/aromatic N) is 1. The van der Waals surface area contributed by atoms with Gasteiger partial charge < -0.3 is 14.6 Å². The second kappa shape index (κ2) is 5.71. The molecule has 0 aliphatic heterocycles. The van der Waals surface area contributed by atoms with E-state index in [9.17, 15) is 18.3 Å². The molecule has 1 aromatic heterocycles. The molecule has 1 aromatic rings. The number of hydrogen-bond acceptors (Lipinski definition) is 5. The third-order valence-corrected chi connectivity index (χ3v) is 6.27. The normalized spacial score (nSPS) is 18.3. The number of aliphatic hydroxyl groups is 1. The summed E-state index contributed by atoms with van der Waals surface area (Å²) >= 11 is 2.92. The van der Waals surface area contributed by atoms with Crippen LogP contribution in [0.1, 0.15) is 36.2 Å². The van der Waals surface area contributed by atoms with Gasteiger partial charge in [-0.25, -0.2) is 13.2 Å². The van der Waals surface area contributed by atoms with Crippen molar-refractivity contribution in [1.82, 2.24) is 4.31 Å². The predicted octanol–water partition coefficient (Wildman–Crippen LogP) is 1.67. The van der Waals surface area contributed by atoms with Crippen molar-refractivity contribution in [2.24, 2.45) is 0 Å². The van der Waals surface area contributed by atoms with Crippen LogP contribution < -0.4 is 0 Å². The van der Waals surface area contributed by atoms with Crippen molar-refractivity contribution < 1.29 is 27.8 Å². The van der Waals surface area contributed by atoms with E-state index < -0.39 is 27.4 Å². The Bertz CT molecular complexity index is 647. The largest absolute Gasteiger partial charge is 0.475 e. The van der Waals surface area contributed by atoms with Gasteiger partial charge in [-0.1, -0.05) is 12.8 Å². The van der Waals surface area contributed by atoms with Crippen LogP contribution in [0.2, 0.25) is 0 Å². The smallest absolute Gasteiger partial charge is 0.371 e. The molecule has 1 saturated carbocycles. The molecule has 7 nitrogen and oxygen atoms in total. The second-order valence-corrected chi connectivity index (χ2v) is 7.98. The number of hydrogen-bond donors (Lipinski definition) is 2. The highest BCUT2D eigenvalue weighted by Crippen LogP contribution is 2.33. The number of carboxylic acids is 1. The molecule has 1 aliphatic carbocycles. The number of aromatic carboxylic acids is 1. The van der Waals surface area contributed by atoms with Crippen molar-refractivity contribution in [2.45, 2.75) is 36.2 Å². The summed E-state index contributed by atoms with van der Waals surface area (Å²) in [6.07, 6.45) is 2.84. The molecule has 0 amide bonds. The molecule has 2 rings (SSSR count). The van der Waals surface area contributed by atoms with E-state index in [4.69, 9.17) is 9.52 Å². The molecule has 0 bridgehead atoms. The fourth-order valence-corrected chi connectivity index (χ4v) is 4.64. The van der Waals surface area contributed by atoms with Gasteiger partial charge in [0, 0.05) is 19.7 Å². The Balaban J connectivity index is 2.26. The van der Waals surface area contributed by atoms with Gasteiger partial charge in [-0.3, -0.25) is 0 Å². The van der Waals surface area contributed by atoms with Gasteiger partial charge in [-0.2, -0.15) is 4.31 Å².